The van der Waals surface area contributed by atoms with Gasteiger partial charge in [0.25, 0.3) is 0 Å². The SMILES string of the molecule is CN(CCN1CCOCC1)S(=O)(=O)c1ccc(Br)cc1.CNS(=O)(=O)c1ccc(Br)cc1.Cc1ccc(Cl)c(-c2cc(C)c3nc(Nc4ccc(S(=O)(=O)N(C)CCN5CCOCC5)cc4)nnc3c2)c1. The smallest absolute Gasteiger partial charge is 0.247 e. The van der Waals surface area contributed by atoms with Crippen LogP contribution in [0.2, 0.25) is 5.02 Å². The molecule has 0 unspecified atom stereocenters. The highest BCUT2D eigenvalue weighted by Crippen LogP contribution is 2.32. The Morgan fingerprint density at radius 1 is 0.648 bits per heavy atom. The number of aryl methyl sites for hydroxylation is 2. The van der Waals surface area contributed by atoms with Gasteiger partial charge in [0.05, 0.1) is 46.6 Å². The van der Waals surface area contributed by atoms with Crippen LogP contribution in [0.15, 0.2) is 127 Å². The van der Waals surface area contributed by atoms with Crippen LogP contribution in [0.25, 0.3) is 22.2 Å². The summed E-state index contributed by atoms with van der Waals surface area (Å²) in [5.74, 6) is 0.324. The molecule has 0 saturated carbocycles. The highest BCUT2D eigenvalue weighted by Gasteiger charge is 2.24. The van der Waals surface area contributed by atoms with Gasteiger partial charge in [0.1, 0.15) is 5.52 Å². The molecule has 17 nitrogen and oxygen atoms in total. The molecular formula is C48H58Br2ClN9O8S3. The van der Waals surface area contributed by atoms with Crippen molar-refractivity contribution in [3.8, 4) is 11.1 Å². The fraction of sp³-hybridized carbons (Fsp3) is 0.354. The number of sulfonamides is 3. The number of benzene rings is 5. The zero-order valence-corrected chi connectivity index (χ0v) is 46.4. The molecule has 0 atom stereocenters. The first-order chi connectivity index (χ1) is 33.8. The van der Waals surface area contributed by atoms with Crippen molar-refractivity contribution in [1.29, 1.82) is 0 Å². The maximum absolute atomic E-state index is 13.0. The van der Waals surface area contributed by atoms with Crippen molar-refractivity contribution in [2.24, 2.45) is 0 Å². The van der Waals surface area contributed by atoms with Gasteiger partial charge in [0.2, 0.25) is 36.0 Å². The number of rotatable bonds is 15. The van der Waals surface area contributed by atoms with Gasteiger partial charge in [0, 0.05) is 91.7 Å². The van der Waals surface area contributed by atoms with E-state index in [1.165, 1.54) is 27.8 Å². The first-order valence-corrected chi connectivity index (χ1v) is 28.9. The number of likely N-dealkylation sites (N-methyl/N-ethyl adjacent to an activating group) is 2. The number of anilines is 2. The Balaban J connectivity index is 0.000000213. The number of aromatic nitrogens is 3. The van der Waals surface area contributed by atoms with E-state index in [0.29, 0.717) is 59.9 Å². The Morgan fingerprint density at radius 3 is 1.62 bits per heavy atom. The van der Waals surface area contributed by atoms with Crippen molar-refractivity contribution < 1.29 is 34.7 Å². The fourth-order valence-corrected chi connectivity index (χ4v) is 11.1. The van der Waals surface area contributed by atoms with Crippen molar-refractivity contribution in [2.45, 2.75) is 28.5 Å². The van der Waals surface area contributed by atoms with Crippen molar-refractivity contribution in [1.82, 2.24) is 38.3 Å². The van der Waals surface area contributed by atoms with Crippen LogP contribution in [0.4, 0.5) is 11.6 Å². The van der Waals surface area contributed by atoms with Gasteiger partial charge in [-0.3, -0.25) is 9.80 Å². The summed E-state index contributed by atoms with van der Waals surface area (Å²) in [6.45, 7) is 12.5. The average molecular weight is 1180 g/mol. The predicted molar refractivity (Wildman–Crippen MR) is 286 cm³/mol. The number of fused-ring (bicyclic) bond motifs is 1. The topological polar surface area (TPSA) is 197 Å². The van der Waals surface area contributed by atoms with Gasteiger partial charge in [-0.2, -0.15) is 8.61 Å². The Labute approximate surface area is 439 Å². The maximum atomic E-state index is 13.0. The molecule has 0 amide bonds. The Morgan fingerprint density at radius 2 is 1.13 bits per heavy atom. The van der Waals surface area contributed by atoms with Gasteiger partial charge < -0.3 is 14.8 Å². The molecule has 2 fully saturated rings. The van der Waals surface area contributed by atoms with Crippen LogP contribution in [0.5, 0.6) is 0 Å². The van der Waals surface area contributed by atoms with Gasteiger partial charge in [-0.25, -0.2) is 35.0 Å². The monoisotopic (exact) mass is 1180 g/mol. The van der Waals surface area contributed by atoms with Crippen molar-refractivity contribution in [3.05, 3.63) is 128 Å². The van der Waals surface area contributed by atoms with Crippen LogP contribution in [-0.2, 0) is 39.5 Å². The highest BCUT2D eigenvalue weighted by atomic mass is 79.9. The third kappa shape index (κ3) is 15.7. The minimum absolute atomic E-state index is 0.230. The molecule has 6 aromatic rings. The van der Waals surface area contributed by atoms with Gasteiger partial charge in [-0.15, -0.1) is 10.2 Å². The van der Waals surface area contributed by atoms with Crippen molar-refractivity contribution in [3.63, 3.8) is 0 Å². The molecule has 71 heavy (non-hydrogen) atoms. The highest BCUT2D eigenvalue weighted by molar-refractivity contribution is 9.10. The third-order valence-electron chi connectivity index (χ3n) is 11.6. The van der Waals surface area contributed by atoms with Gasteiger partial charge in [-0.05, 0) is 129 Å². The van der Waals surface area contributed by atoms with Gasteiger partial charge >= 0.3 is 0 Å². The maximum Gasteiger partial charge on any atom is 0.247 e. The summed E-state index contributed by atoms with van der Waals surface area (Å²) >= 11 is 13.0. The van der Waals surface area contributed by atoms with E-state index in [0.717, 1.165) is 82.7 Å². The third-order valence-corrected chi connectivity index (χ3v) is 18.1. The molecule has 2 N–H and O–H groups in total. The van der Waals surface area contributed by atoms with E-state index in [4.69, 9.17) is 21.1 Å². The minimum Gasteiger partial charge on any atom is -0.379 e. The number of ether oxygens (including phenoxy) is 2. The van der Waals surface area contributed by atoms with Crippen LogP contribution in [0, 0.1) is 13.8 Å². The molecule has 2 saturated heterocycles. The van der Waals surface area contributed by atoms with E-state index < -0.39 is 30.1 Å². The zero-order valence-electron chi connectivity index (χ0n) is 40.1. The van der Waals surface area contributed by atoms with Crippen LogP contribution in [-0.4, -0.2) is 159 Å². The molecule has 0 aliphatic carbocycles. The van der Waals surface area contributed by atoms with Gasteiger partial charge in [0.15, 0.2) is 0 Å². The lowest BCUT2D eigenvalue weighted by atomic mass is 10.0. The zero-order chi connectivity index (χ0) is 51.3. The predicted octanol–water partition coefficient (Wildman–Crippen LogP) is 7.42. The molecular weight excluding hydrogens is 1120 g/mol. The second kappa shape index (κ2) is 25.8. The van der Waals surface area contributed by atoms with Crippen molar-refractivity contribution >= 4 is 96.2 Å². The summed E-state index contributed by atoms with van der Waals surface area (Å²) in [7, 11) is -5.67. The van der Waals surface area contributed by atoms with E-state index in [1.54, 1.807) is 74.8 Å². The Hall–Kier alpha value is -4.01. The molecule has 382 valence electrons. The number of nitrogens with zero attached hydrogens (tertiary/aromatic N) is 7. The number of morpholine rings is 2. The Bertz CT molecular complexity index is 3060. The number of nitrogens with one attached hydrogen (secondary N) is 2. The average Bonchev–Trinajstić information content (AvgIpc) is 3.37. The lowest BCUT2D eigenvalue weighted by Gasteiger charge is -2.28. The lowest BCUT2D eigenvalue weighted by Crippen LogP contribution is -2.41. The summed E-state index contributed by atoms with van der Waals surface area (Å²) in [6.07, 6.45) is 0. The van der Waals surface area contributed by atoms with Crippen LogP contribution >= 0.6 is 43.5 Å². The second-order valence-corrected chi connectivity index (χ2v) is 24.8. The summed E-state index contributed by atoms with van der Waals surface area (Å²) < 4.78 is 90.6. The number of halogens is 3. The molecule has 2 aliphatic rings. The van der Waals surface area contributed by atoms with Gasteiger partial charge in [-0.1, -0.05) is 55.1 Å². The number of hydrogen-bond acceptors (Lipinski definition) is 14. The summed E-state index contributed by atoms with van der Waals surface area (Å²) in [5, 5.41) is 12.4. The van der Waals surface area contributed by atoms with Crippen molar-refractivity contribution in [2.75, 3.05) is 105 Å². The van der Waals surface area contributed by atoms with E-state index >= 15 is 0 Å². The van der Waals surface area contributed by atoms with E-state index in [-0.39, 0.29) is 9.79 Å². The quantitative estimate of drug-likeness (QED) is 0.103. The molecule has 23 heteroatoms. The van der Waals surface area contributed by atoms with Crippen LogP contribution in [0.1, 0.15) is 11.1 Å². The summed E-state index contributed by atoms with van der Waals surface area (Å²) in [5.41, 5.74) is 6.00. The molecule has 3 heterocycles. The number of hydrogen-bond donors (Lipinski definition) is 2. The first kappa shape index (κ1) is 56.3. The van der Waals surface area contributed by atoms with Crippen LogP contribution in [0.3, 0.4) is 0 Å². The molecule has 0 radical (unpaired) electrons. The molecule has 1 aromatic heterocycles. The molecule has 0 spiro atoms. The minimum atomic E-state index is -3.60. The van der Waals surface area contributed by atoms with E-state index in [1.807, 2.05) is 44.2 Å². The normalized spacial score (nSPS) is 15.0. The standard InChI is InChI=1S/C28H31ClN6O3S.C13H19BrN2O3S.C7H8BrNO2S/c1-19-4-9-25(29)24(16-19)21-17-20(2)27-26(18-21)32-33-28(31-27)30-22-5-7-23(8-6-22)39(36,37)34(3)10-11-35-12-14-38-15-13-35;1-15(6-7-16-8-10-19-11-9-16)20(17,18)13-4-2-12(14)3-5-13;1-9-12(10,11)7-4-2-6(8)3-5-7/h4-9,16-18H,10-15H2,1-3H3,(H,30,31,33);2-5H,6-11H2,1H3;2-5,9H,1H3. The molecule has 5 aromatic carbocycles. The Kier molecular flexibility index (Phi) is 20.4. The van der Waals surface area contributed by atoms with Crippen LogP contribution < -0.4 is 10.0 Å². The summed E-state index contributed by atoms with van der Waals surface area (Å²) in [6, 6.07) is 29.6. The first-order valence-electron chi connectivity index (χ1n) is 22.5. The molecule has 8 rings (SSSR count). The summed E-state index contributed by atoms with van der Waals surface area (Å²) in [4.78, 5) is 9.91. The lowest BCUT2D eigenvalue weighted by molar-refractivity contribution is 0.0367. The second-order valence-electron chi connectivity index (χ2n) is 16.6. The van der Waals surface area contributed by atoms with E-state index in [9.17, 15) is 25.3 Å². The fourth-order valence-electron chi connectivity index (χ4n) is 7.27. The largest absolute Gasteiger partial charge is 0.379 e. The molecule has 2 aliphatic heterocycles. The van der Waals surface area contributed by atoms with E-state index in [2.05, 4.69) is 66.9 Å². The molecule has 0 bridgehead atoms.